The van der Waals surface area contributed by atoms with Gasteiger partial charge in [-0.2, -0.15) is 0 Å². The average Bonchev–Trinajstić information content (AvgIpc) is 3.13. The van der Waals surface area contributed by atoms with Gasteiger partial charge in [-0.15, -0.1) is 0 Å². The summed E-state index contributed by atoms with van der Waals surface area (Å²) in [6, 6.07) is 0. The van der Waals surface area contributed by atoms with Crippen molar-refractivity contribution in [2.24, 2.45) is 0 Å². The monoisotopic (exact) mass is 813 g/mol. The number of aliphatic hydroxyl groups excluding tert-OH is 2. The number of aliphatic hydroxyl groups is 2. The second kappa shape index (κ2) is 42.5. The predicted octanol–water partition coefficient (Wildman–Crippen LogP) is 11.2. The standard InChI is InChI=1S/C42H83O10P.2H3N/c1-3-5-7-9-11-13-15-17-19-21-23-25-27-29-31-33-40(45)50-36-38(37-51-42(39(44)35-43)53(47,48)49)52-41(46)34-32-30-28-26-24-22-20-18-16-14-12-10-8-6-4-2;;/h38-39,42-44H,3-37H2,1-2H3,(H2,47,48,49);2*1H3/t38-,39?,42?;;/m1../s1. The first-order valence-electron chi connectivity index (χ1n) is 22.0. The summed E-state index contributed by atoms with van der Waals surface area (Å²) >= 11 is 0. The number of ether oxygens (including phenoxy) is 3. The highest BCUT2D eigenvalue weighted by Gasteiger charge is 2.37. The van der Waals surface area contributed by atoms with Crippen LogP contribution in [-0.4, -0.2) is 69.8 Å². The molecule has 332 valence electrons. The van der Waals surface area contributed by atoms with Crippen molar-refractivity contribution in [3.8, 4) is 0 Å². The van der Waals surface area contributed by atoms with Crippen molar-refractivity contribution < 1.29 is 48.4 Å². The molecule has 0 aromatic carbocycles. The molecule has 12 nitrogen and oxygen atoms in total. The van der Waals surface area contributed by atoms with E-state index in [0.717, 1.165) is 38.5 Å². The van der Waals surface area contributed by atoms with Gasteiger partial charge in [0.15, 0.2) is 11.9 Å². The van der Waals surface area contributed by atoms with Crippen molar-refractivity contribution in [1.29, 1.82) is 0 Å². The van der Waals surface area contributed by atoms with Gasteiger partial charge in [-0.3, -0.25) is 14.2 Å². The zero-order valence-electron chi connectivity index (χ0n) is 35.6. The smallest absolute Gasteiger partial charge is 0.356 e. The minimum atomic E-state index is -4.94. The summed E-state index contributed by atoms with van der Waals surface area (Å²) in [7, 11) is -4.94. The third-order valence-electron chi connectivity index (χ3n) is 10.00. The maximum absolute atomic E-state index is 12.6. The van der Waals surface area contributed by atoms with Gasteiger partial charge in [0.25, 0.3) is 0 Å². The quantitative estimate of drug-likeness (QED) is 0.0192. The van der Waals surface area contributed by atoms with Gasteiger partial charge in [0, 0.05) is 12.8 Å². The summed E-state index contributed by atoms with van der Waals surface area (Å²) < 4.78 is 27.9. The van der Waals surface area contributed by atoms with Crippen LogP contribution in [0.2, 0.25) is 0 Å². The Morgan fingerprint density at radius 1 is 0.509 bits per heavy atom. The lowest BCUT2D eigenvalue weighted by molar-refractivity contribution is -0.164. The van der Waals surface area contributed by atoms with E-state index in [-0.39, 0.29) is 31.7 Å². The second-order valence-corrected chi connectivity index (χ2v) is 16.9. The van der Waals surface area contributed by atoms with Crippen LogP contribution in [0.1, 0.15) is 219 Å². The van der Waals surface area contributed by atoms with E-state index in [0.29, 0.717) is 12.8 Å². The van der Waals surface area contributed by atoms with Crippen LogP contribution in [-0.2, 0) is 28.4 Å². The highest BCUT2D eigenvalue weighted by Crippen LogP contribution is 2.43. The Hall–Kier alpha value is -1.11. The molecule has 0 heterocycles. The summed E-state index contributed by atoms with van der Waals surface area (Å²) in [5.41, 5.74) is 0. The third-order valence-corrected chi connectivity index (χ3v) is 11.2. The van der Waals surface area contributed by atoms with Crippen molar-refractivity contribution in [2.45, 2.75) is 237 Å². The van der Waals surface area contributed by atoms with Crippen LogP contribution in [0.4, 0.5) is 0 Å². The summed E-state index contributed by atoms with van der Waals surface area (Å²) in [5.74, 6) is -2.95. The number of hydrogen-bond donors (Lipinski definition) is 6. The van der Waals surface area contributed by atoms with Crippen molar-refractivity contribution in [1.82, 2.24) is 12.3 Å². The van der Waals surface area contributed by atoms with Crippen molar-refractivity contribution >= 4 is 19.5 Å². The van der Waals surface area contributed by atoms with Crippen LogP contribution < -0.4 is 12.3 Å². The Morgan fingerprint density at radius 3 is 1.13 bits per heavy atom. The molecule has 55 heavy (non-hydrogen) atoms. The molecule has 0 amide bonds. The van der Waals surface area contributed by atoms with Crippen LogP contribution in [0.25, 0.3) is 0 Å². The van der Waals surface area contributed by atoms with E-state index >= 15 is 0 Å². The normalized spacial score (nSPS) is 13.1. The lowest BCUT2D eigenvalue weighted by Crippen LogP contribution is -2.37. The molecule has 3 atom stereocenters. The van der Waals surface area contributed by atoms with Gasteiger partial charge >= 0.3 is 19.5 Å². The summed E-state index contributed by atoms with van der Waals surface area (Å²) in [5, 5.41) is 19.1. The Balaban J connectivity index is -0.0000135. The molecule has 0 radical (unpaired) electrons. The minimum Gasteiger partial charge on any atom is -0.462 e. The van der Waals surface area contributed by atoms with Gasteiger partial charge in [0.05, 0.1) is 13.2 Å². The number of carbonyl (C=O) groups excluding carboxylic acids is 2. The van der Waals surface area contributed by atoms with Crippen molar-refractivity contribution in [3.05, 3.63) is 0 Å². The lowest BCUT2D eigenvalue weighted by Gasteiger charge is -2.25. The predicted molar refractivity (Wildman–Crippen MR) is 225 cm³/mol. The van der Waals surface area contributed by atoms with Crippen LogP contribution in [0, 0.1) is 0 Å². The van der Waals surface area contributed by atoms with Crippen LogP contribution >= 0.6 is 7.60 Å². The Kier molecular flexibility index (Phi) is 45.0. The molecule has 0 rings (SSSR count). The van der Waals surface area contributed by atoms with Crippen LogP contribution in [0.5, 0.6) is 0 Å². The molecule has 0 saturated heterocycles. The molecule has 0 aromatic rings. The van der Waals surface area contributed by atoms with Gasteiger partial charge in [0.1, 0.15) is 12.7 Å². The highest BCUT2D eigenvalue weighted by atomic mass is 31.2. The molecule has 0 aliphatic carbocycles. The van der Waals surface area contributed by atoms with Crippen LogP contribution in [0.15, 0.2) is 0 Å². The summed E-state index contributed by atoms with van der Waals surface area (Å²) in [4.78, 5) is 44.2. The first-order chi connectivity index (χ1) is 25.6. The van der Waals surface area contributed by atoms with Gasteiger partial charge < -0.3 is 46.5 Å². The topological polar surface area (TPSA) is 230 Å². The van der Waals surface area contributed by atoms with Gasteiger partial charge in [-0.05, 0) is 12.8 Å². The zero-order valence-corrected chi connectivity index (χ0v) is 36.5. The highest BCUT2D eigenvalue weighted by molar-refractivity contribution is 7.52. The fourth-order valence-corrected chi connectivity index (χ4v) is 7.45. The minimum absolute atomic E-state index is 0. The van der Waals surface area contributed by atoms with Crippen LogP contribution in [0.3, 0.4) is 0 Å². The van der Waals surface area contributed by atoms with Gasteiger partial charge in [-0.1, -0.05) is 194 Å². The number of carbonyl (C=O) groups is 2. The zero-order chi connectivity index (χ0) is 39.3. The maximum Gasteiger partial charge on any atom is 0.356 e. The van der Waals surface area contributed by atoms with E-state index in [1.54, 1.807) is 0 Å². The molecule has 0 fully saturated rings. The largest absolute Gasteiger partial charge is 0.462 e. The van der Waals surface area contributed by atoms with E-state index in [1.807, 2.05) is 0 Å². The molecular formula is C42H89N2O10P. The molecule has 10 N–H and O–H groups in total. The van der Waals surface area contributed by atoms with Crippen molar-refractivity contribution in [2.75, 3.05) is 19.8 Å². The first-order valence-corrected chi connectivity index (χ1v) is 23.6. The Labute approximate surface area is 336 Å². The molecule has 0 bridgehead atoms. The molecule has 0 spiro atoms. The molecule has 0 aromatic heterocycles. The van der Waals surface area contributed by atoms with Gasteiger partial charge in [0.2, 0.25) is 0 Å². The fraction of sp³-hybridized carbons (Fsp3) is 0.952. The SMILES string of the molecule is CCCCCCCCCCCCCCCCCC(=O)OC[C@H](COC(C(O)CO)P(=O)(O)O)OC(=O)CCCCCCCCCCCCCCCCC.N.N. The number of unbranched alkanes of at least 4 members (excludes halogenated alkanes) is 28. The first kappa shape index (κ1) is 58.2. The third kappa shape index (κ3) is 39.5. The molecule has 2 unspecified atom stereocenters. The molecule has 13 heteroatoms. The maximum atomic E-state index is 12.6. The fourth-order valence-electron chi connectivity index (χ4n) is 6.63. The second-order valence-electron chi connectivity index (χ2n) is 15.3. The van der Waals surface area contributed by atoms with E-state index in [9.17, 15) is 34.2 Å². The summed E-state index contributed by atoms with van der Waals surface area (Å²) in [6.45, 7) is 2.74. The Morgan fingerprint density at radius 2 is 0.818 bits per heavy atom. The molecule has 0 aliphatic heterocycles. The molecular weight excluding hydrogens is 723 g/mol. The van der Waals surface area contributed by atoms with E-state index < -0.39 is 50.8 Å². The van der Waals surface area contributed by atoms with E-state index in [2.05, 4.69) is 13.8 Å². The van der Waals surface area contributed by atoms with E-state index in [4.69, 9.17) is 14.2 Å². The number of rotatable bonds is 41. The number of hydrogen-bond acceptors (Lipinski definition) is 10. The Bertz CT molecular complexity index is 879. The number of esters is 2. The lowest BCUT2D eigenvalue weighted by atomic mass is 10.0. The average molecular weight is 813 g/mol. The molecule has 0 saturated carbocycles. The molecule has 0 aliphatic rings. The summed E-state index contributed by atoms with van der Waals surface area (Å²) in [6.07, 6.45) is 34.1. The van der Waals surface area contributed by atoms with Crippen molar-refractivity contribution in [3.63, 3.8) is 0 Å². The van der Waals surface area contributed by atoms with E-state index in [1.165, 1.54) is 141 Å². The van der Waals surface area contributed by atoms with Gasteiger partial charge in [-0.25, -0.2) is 0 Å².